The van der Waals surface area contributed by atoms with E-state index in [4.69, 9.17) is 14.2 Å². The number of nitrogens with one attached hydrogen (secondary N) is 1. The average Bonchev–Trinajstić information content (AvgIpc) is 3.02. The summed E-state index contributed by atoms with van der Waals surface area (Å²) in [4.78, 5) is 17.3. The number of aliphatic imine (C=N–C) groups is 1. The number of hydrogen-bond donors (Lipinski definition) is 1. The molecule has 0 saturated carbocycles. The molecule has 1 saturated heterocycles. The second-order valence-electron chi connectivity index (χ2n) is 5.52. The number of carbonyl (C=O) groups is 1. The molecule has 0 spiro atoms. The van der Waals surface area contributed by atoms with Crippen molar-refractivity contribution < 1.29 is 19.0 Å². The minimum absolute atomic E-state index is 0.180. The van der Waals surface area contributed by atoms with Gasteiger partial charge in [-0.2, -0.15) is 0 Å². The van der Waals surface area contributed by atoms with Crippen molar-refractivity contribution >= 4 is 34.6 Å². The van der Waals surface area contributed by atoms with Gasteiger partial charge in [0.2, 0.25) is 0 Å². The molecule has 1 fully saturated rings. The van der Waals surface area contributed by atoms with Crippen molar-refractivity contribution in [3.8, 4) is 17.2 Å². The number of amidine groups is 1. The van der Waals surface area contributed by atoms with Crippen molar-refractivity contribution in [2.45, 2.75) is 6.92 Å². The van der Waals surface area contributed by atoms with Crippen molar-refractivity contribution in [1.82, 2.24) is 5.32 Å². The van der Waals surface area contributed by atoms with Crippen molar-refractivity contribution in [1.29, 1.82) is 0 Å². The van der Waals surface area contributed by atoms with E-state index in [2.05, 4.69) is 10.3 Å². The van der Waals surface area contributed by atoms with Crippen LogP contribution in [0, 0.1) is 0 Å². The SMILES string of the molecule is CCOc1ccc(/C=C2\SC(=Nc3ccc(OC)cc3)NC2=O)cc1OC. The lowest BCUT2D eigenvalue weighted by Gasteiger charge is -2.09. The minimum atomic E-state index is -0.180. The first kappa shape index (κ1) is 18.8. The summed E-state index contributed by atoms with van der Waals surface area (Å²) < 4.78 is 16.0. The van der Waals surface area contributed by atoms with E-state index in [9.17, 15) is 4.79 Å². The van der Waals surface area contributed by atoms with Crippen molar-refractivity contribution in [2.24, 2.45) is 4.99 Å². The Bertz CT molecular complexity index is 891. The molecule has 1 amide bonds. The fraction of sp³-hybridized carbons (Fsp3) is 0.200. The number of hydrogen-bond acceptors (Lipinski definition) is 6. The lowest BCUT2D eigenvalue weighted by atomic mass is 10.2. The van der Waals surface area contributed by atoms with E-state index in [1.165, 1.54) is 11.8 Å². The Morgan fingerprint density at radius 3 is 2.52 bits per heavy atom. The van der Waals surface area contributed by atoms with E-state index < -0.39 is 0 Å². The van der Waals surface area contributed by atoms with Gasteiger partial charge in [-0.1, -0.05) is 6.07 Å². The molecule has 1 aliphatic heterocycles. The molecule has 0 aromatic heterocycles. The fourth-order valence-electron chi connectivity index (χ4n) is 2.45. The normalized spacial score (nSPS) is 16.5. The van der Waals surface area contributed by atoms with Gasteiger partial charge in [0.15, 0.2) is 16.7 Å². The zero-order valence-electron chi connectivity index (χ0n) is 15.3. The summed E-state index contributed by atoms with van der Waals surface area (Å²) in [5.41, 5.74) is 1.58. The molecule has 6 nitrogen and oxygen atoms in total. The molecule has 140 valence electrons. The Balaban J connectivity index is 1.79. The number of nitrogens with zero attached hydrogens (tertiary/aromatic N) is 1. The standard InChI is InChI=1S/C20H20N2O4S/c1-4-26-16-10-5-13(11-17(16)25-3)12-18-19(23)22-20(27-18)21-14-6-8-15(24-2)9-7-14/h5-12H,4H2,1-3H3,(H,21,22,23)/b18-12-. The molecule has 0 aliphatic carbocycles. The third-order valence-electron chi connectivity index (χ3n) is 3.74. The summed E-state index contributed by atoms with van der Waals surface area (Å²) in [6.07, 6.45) is 1.80. The predicted octanol–water partition coefficient (Wildman–Crippen LogP) is 3.99. The molecule has 0 radical (unpaired) electrons. The average molecular weight is 384 g/mol. The van der Waals surface area contributed by atoms with E-state index in [0.717, 1.165) is 17.0 Å². The van der Waals surface area contributed by atoms with Gasteiger partial charge in [-0.3, -0.25) is 4.79 Å². The van der Waals surface area contributed by atoms with Gasteiger partial charge < -0.3 is 19.5 Å². The highest BCUT2D eigenvalue weighted by molar-refractivity contribution is 8.18. The number of amides is 1. The van der Waals surface area contributed by atoms with Gasteiger partial charge in [0.25, 0.3) is 5.91 Å². The number of thioether (sulfide) groups is 1. The first-order valence-corrected chi connectivity index (χ1v) is 9.19. The maximum absolute atomic E-state index is 12.2. The molecule has 2 aromatic carbocycles. The molecule has 0 bridgehead atoms. The van der Waals surface area contributed by atoms with Crippen LogP contribution in [0.25, 0.3) is 6.08 Å². The quantitative estimate of drug-likeness (QED) is 0.763. The molecule has 1 heterocycles. The Labute approximate surface area is 162 Å². The van der Waals surface area contributed by atoms with Crippen LogP contribution in [0.5, 0.6) is 17.2 Å². The number of benzene rings is 2. The third-order valence-corrected chi connectivity index (χ3v) is 4.65. The second-order valence-corrected chi connectivity index (χ2v) is 6.55. The van der Waals surface area contributed by atoms with E-state index in [1.807, 2.05) is 49.4 Å². The van der Waals surface area contributed by atoms with Crippen molar-refractivity contribution in [3.05, 3.63) is 52.9 Å². The summed E-state index contributed by atoms with van der Waals surface area (Å²) in [6.45, 7) is 2.47. The summed E-state index contributed by atoms with van der Waals surface area (Å²) >= 11 is 1.29. The van der Waals surface area contributed by atoms with Crippen LogP contribution < -0.4 is 19.5 Å². The lowest BCUT2D eigenvalue weighted by molar-refractivity contribution is -0.115. The molecular formula is C20H20N2O4S. The van der Waals surface area contributed by atoms with Gasteiger partial charge in [0.05, 0.1) is 31.4 Å². The molecule has 0 unspecified atom stereocenters. The highest BCUT2D eigenvalue weighted by Crippen LogP contribution is 2.32. The van der Waals surface area contributed by atoms with Crippen LogP contribution in [-0.2, 0) is 4.79 Å². The number of ether oxygens (including phenoxy) is 3. The second kappa shape index (κ2) is 8.64. The van der Waals surface area contributed by atoms with Crippen molar-refractivity contribution in [2.75, 3.05) is 20.8 Å². The van der Waals surface area contributed by atoms with Crippen LogP contribution in [0.15, 0.2) is 52.4 Å². The summed E-state index contributed by atoms with van der Waals surface area (Å²) in [6, 6.07) is 12.9. The molecule has 7 heteroatoms. The molecular weight excluding hydrogens is 364 g/mol. The van der Waals surface area contributed by atoms with Crippen LogP contribution in [-0.4, -0.2) is 31.9 Å². The number of rotatable bonds is 6. The van der Waals surface area contributed by atoms with E-state index in [0.29, 0.717) is 28.2 Å². The summed E-state index contributed by atoms with van der Waals surface area (Å²) in [5, 5.41) is 3.32. The molecule has 1 N–H and O–H groups in total. The van der Waals surface area contributed by atoms with E-state index in [1.54, 1.807) is 20.3 Å². The largest absolute Gasteiger partial charge is 0.497 e. The lowest BCUT2D eigenvalue weighted by Crippen LogP contribution is -2.19. The first-order chi connectivity index (χ1) is 13.1. The molecule has 1 aliphatic rings. The number of carbonyl (C=O) groups excluding carboxylic acids is 1. The van der Waals surface area contributed by atoms with Gasteiger partial charge in [-0.15, -0.1) is 0 Å². The Hall–Kier alpha value is -2.93. The molecule has 0 atom stereocenters. The zero-order chi connectivity index (χ0) is 19.2. The first-order valence-electron chi connectivity index (χ1n) is 8.37. The van der Waals surface area contributed by atoms with Crippen LogP contribution in [0.3, 0.4) is 0 Å². The summed E-state index contributed by atoms with van der Waals surface area (Å²) in [7, 11) is 3.20. The van der Waals surface area contributed by atoms with Crippen LogP contribution in [0.4, 0.5) is 5.69 Å². The van der Waals surface area contributed by atoms with Crippen LogP contribution >= 0.6 is 11.8 Å². The Morgan fingerprint density at radius 1 is 1.07 bits per heavy atom. The molecule has 3 rings (SSSR count). The molecule has 2 aromatic rings. The third kappa shape index (κ3) is 4.62. The van der Waals surface area contributed by atoms with Crippen LogP contribution in [0.2, 0.25) is 0 Å². The highest BCUT2D eigenvalue weighted by Gasteiger charge is 2.24. The number of methoxy groups -OCH3 is 2. The maximum atomic E-state index is 12.2. The highest BCUT2D eigenvalue weighted by atomic mass is 32.2. The topological polar surface area (TPSA) is 69.2 Å². The van der Waals surface area contributed by atoms with E-state index >= 15 is 0 Å². The predicted molar refractivity (Wildman–Crippen MR) is 108 cm³/mol. The maximum Gasteiger partial charge on any atom is 0.264 e. The summed E-state index contributed by atoms with van der Waals surface area (Å²) in [5.74, 6) is 1.88. The smallest absolute Gasteiger partial charge is 0.264 e. The zero-order valence-corrected chi connectivity index (χ0v) is 16.1. The van der Waals surface area contributed by atoms with Gasteiger partial charge in [-0.25, -0.2) is 4.99 Å². The van der Waals surface area contributed by atoms with Gasteiger partial charge >= 0.3 is 0 Å². The molecule has 27 heavy (non-hydrogen) atoms. The minimum Gasteiger partial charge on any atom is -0.497 e. The monoisotopic (exact) mass is 384 g/mol. The Morgan fingerprint density at radius 2 is 1.85 bits per heavy atom. The Kier molecular flexibility index (Phi) is 6.03. The van der Waals surface area contributed by atoms with Gasteiger partial charge in [-0.05, 0) is 66.7 Å². The van der Waals surface area contributed by atoms with Gasteiger partial charge in [0.1, 0.15) is 5.75 Å². The van der Waals surface area contributed by atoms with Crippen molar-refractivity contribution in [3.63, 3.8) is 0 Å². The van der Waals surface area contributed by atoms with E-state index in [-0.39, 0.29) is 5.91 Å². The fourth-order valence-corrected chi connectivity index (χ4v) is 3.30. The van der Waals surface area contributed by atoms with Gasteiger partial charge in [0, 0.05) is 0 Å². The van der Waals surface area contributed by atoms with Crippen LogP contribution in [0.1, 0.15) is 12.5 Å².